The predicted molar refractivity (Wildman–Crippen MR) is 87.0 cm³/mol. The Morgan fingerprint density at radius 3 is 2.71 bits per heavy atom. The molecule has 0 atom stereocenters. The predicted octanol–water partition coefficient (Wildman–Crippen LogP) is 1.76. The molecule has 2 amide bonds. The molecule has 124 valence electrons. The topological polar surface area (TPSA) is 102 Å². The minimum absolute atomic E-state index is 0.00989. The normalized spacial score (nSPS) is 10.2. The van der Waals surface area contributed by atoms with E-state index in [1.807, 2.05) is 0 Å². The number of hydrogen-bond acceptors (Lipinski definition) is 5. The number of nitrogens with two attached hydrogens (primary N) is 1. The van der Waals surface area contributed by atoms with Gasteiger partial charge in [0, 0.05) is 35.8 Å². The molecule has 1 heterocycles. The van der Waals surface area contributed by atoms with Gasteiger partial charge in [-0.25, -0.2) is 4.39 Å². The Morgan fingerprint density at radius 1 is 1.25 bits per heavy atom. The van der Waals surface area contributed by atoms with Crippen molar-refractivity contribution in [3.63, 3.8) is 0 Å². The highest BCUT2D eigenvalue weighted by Crippen LogP contribution is 2.27. The minimum atomic E-state index is -0.565. The molecule has 24 heavy (non-hydrogen) atoms. The lowest BCUT2D eigenvalue weighted by atomic mass is 10.2. The standard InChI is InChI=1S/C16H14FN3O3S/c17-11-3-4-12(15(22)20-7-5-14(18)21)13(8-11)24-16(23)10-2-1-6-19-9-10/h1-4,6,8-9H,5,7H2,(H2,18,21)(H,20,22). The van der Waals surface area contributed by atoms with E-state index in [0.29, 0.717) is 5.56 Å². The van der Waals surface area contributed by atoms with E-state index in [2.05, 4.69) is 10.3 Å². The van der Waals surface area contributed by atoms with Gasteiger partial charge in [0.2, 0.25) is 11.0 Å². The van der Waals surface area contributed by atoms with Gasteiger partial charge in [-0.15, -0.1) is 0 Å². The van der Waals surface area contributed by atoms with E-state index in [4.69, 9.17) is 5.73 Å². The van der Waals surface area contributed by atoms with Gasteiger partial charge in [-0.1, -0.05) is 0 Å². The van der Waals surface area contributed by atoms with Crippen LogP contribution in [-0.4, -0.2) is 28.5 Å². The molecule has 0 saturated carbocycles. The number of hydrogen-bond donors (Lipinski definition) is 2. The van der Waals surface area contributed by atoms with Crippen LogP contribution in [0.3, 0.4) is 0 Å². The lowest BCUT2D eigenvalue weighted by molar-refractivity contribution is -0.117. The van der Waals surface area contributed by atoms with Crippen molar-refractivity contribution < 1.29 is 18.8 Å². The first-order valence-electron chi connectivity index (χ1n) is 6.95. The van der Waals surface area contributed by atoms with Crippen molar-refractivity contribution in [2.75, 3.05) is 6.54 Å². The molecule has 3 N–H and O–H groups in total. The van der Waals surface area contributed by atoms with E-state index in [1.54, 1.807) is 12.1 Å². The molecular weight excluding hydrogens is 333 g/mol. The quantitative estimate of drug-likeness (QED) is 0.775. The summed E-state index contributed by atoms with van der Waals surface area (Å²) in [5, 5.41) is 2.14. The van der Waals surface area contributed by atoms with Gasteiger partial charge < -0.3 is 11.1 Å². The zero-order valence-corrected chi connectivity index (χ0v) is 13.3. The molecule has 0 aliphatic rings. The van der Waals surface area contributed by atoms with Crippen molar-refractivity contribution in [1.82, 2.24) is 10.3 Å². The van der Waals surface area contributed by atoms with Crippen LogP contribution in [-0.2, 0) is 4.79 Å². The molecule has 0 aliphatic carbocycles. The fraction of sp³-hybridized carbons (Fsp3) is 0.125. The smallest absolute Gasteiger partial charge is 0.252 e. The van der Waals surface area contributed by atoms with Crippen LogP contribution in [0.4, 0.5) is 4.39 Å². The average molecular weight is 347 g/mol. The van der Waals surface area contributed by atoms with E-state index >= 15 is 0 Å². The summed E-state index contributed by atoms with van der Waals surface area (Å²) >= 11 is 0.734. The van der Waals surface area contributed by atoms with Crippen molar-refractivity contribution in [1.29, 1.82) is 0 Å². The van der Waals surface area contributed by atoms with E-state index in [9.17, 15) is 18.8 Å². The number of amides is 2. The highest BCUT2D eigenvalue weighted by atomic mass is 32.2. The third-order valence-corrected chi connectivity index (χ3v) is 3.92. The third-order valence-electron chi connectivity index (χ3n) is 2.95. The zero-order chi connectivity index (χ0) is 17.5. The molecule has 0 unspecified atom stereocenters. The van der Waals surface area contributed by atoms with Gasteiger partial charge in [0.25, 0.3) is 5.91 Å². The van der Waals surface area contributed by atoms with Crippen LogP contribution in [0, 0.1) is 5.82 Å². The Labute approximate surface area is 141 Å². The Kier molecular flexibility index (Phi) is 6.02. The Hall–Kier alpha value is -2.74. The molecule has 0 fully saturated rings. The largest absolute Gasteiger partial charge is 0.370 e. The number of pyridine rings is 1. The van der Waals surface area contributed by atoms with Gasteiger partial charge in [-0.05, 0) is 42.1 Å². The van der Waals surface area contributed by atoms with E-state index in [0.717, 1.165) is 23.9 Å². The summed E-state index contributed by atoms with van der Waals surface area (Å²) in [5.41, 5.74) is 5.48. The zero-order valence-electron chi connectivity index (χ0n) is 12.5. The van der Waals surface area contributed by atoms with Crippen LogP contribution in [0.25, 0.3) is 0 Å². The lowest BCUT2D eigenvalue weighted by Gasteiger charge is -2.09. The monoisotopic (exact) mass is 347 g/mol. The highest BCUT2D eigenvalue weighted by molar-refractivity contribution is 8.14. The number of thioether (sulfide) groups is 1. The SMILES string of the molecule is NC(=O)CCNC(=O)c1ccc(F)cc1SC(=O)c1cccnc1. The molecule has 0 spiro atoms. The number of aromatic nitrogens is 1. The first-order chi connectivity index (χ1) is 11.5. The van der Waals surface area contributed by atoms with Crippen LogP contribution in [0.2, 0.25) is 0 Å². The molecular formula is C16H14FN3O3S. The first-order valence-corrected chi connectivity index (χ1v) is 7.77. The van der Waals surface area contributed by atoms with Gasteiger partial charge >= 0.3 is 0 Å². The molecule has 6 nitrogen and oxygen atoms in total. The second-order valence-corrected chi connectivity index (χ2v) is 5.76. The van der Waals surface area contributed by atoms with Crippen LogP contribution in [0.1, 0.15) is 27.1 Å². The maximum atomic E-state index is 13.5. The highest BCUT2D eigenvalue weighted by Gasteiger charge is 2.17. The summed E-state index contributed by atoms with van der Waals surface area (Å²) in [5.74, 6) is -1.63. The van der Waals surface area contributed by atoms with Gasteiger partial charge in [0.1, 0.15) is 5.82 Å². The molecule has 8 heteroatoms. The molecule has 2 rings (SSSR count). The number of primary amides is 1. The van der Waals surface area contributed by atoms with Gasteiger partial charge in [0.15, 0.2) is 0 Å². The van der Waals surface area contributed by atoms with Crippen molar-refractivity contribution in [2.45, 2.75) is 11.3 Å². The Balaban J connectivity index is 2.17. The number of benzene rings is 1. The number of carbonyl (C=O) groups excluding carboxylic acids is 3. The van der Waals surface area contributed by atoms with Gasteiger partial charge in [0.05, 0.1) is 5.56 Å². The van der Waals surface area contributed by atoms with Gasteiger partial charge in [-0.2, -0.15) is 0 Å². The molecule has 1 aromatic carbocycles. The summed E-state index contributed by atoms with van der Waals surface area (Å²) < 4.78 is 13.5. The van der Waals surface area contributed by atoms with Crippen LogP contribution in [0.5, 0.6) is 0 Å². The fourth-order valence-electron chi connectivity index (χ4n) is 1.80. The van der Waals surface area contributed by atoms with Gasteiger partial charge in [-0.3, -0.25) is 19.4 Å². The lowest BCUT2D eigenvalue weighted by Crippen LogP contribution is -2.28. The number of nitrogens with zero attached hydrogens (tertiary/aromatic N) is 1. The number of nitrogens with one attached hydrogen (secondary N) is 1. The molecule has 1 aromatic heterocycles. The molecule has 0 aliphatic heterocycles. The maximum absolute atomic E-state index is 13.5. The summed E-state index contributed by atoms with van der Waals surface area (Å²) in [6, 6.07) is 6.71. The number of halogens is 1. The maximum Gasteiger partial charge on any atom is 0.252 e. The average Bonchev–Trinajstić information content (AvgIpc) is 2.55. The van der Waals surface area contributed by atoms with E-state index in [-0.39, 0.29) is 28.5 Å². The fourth-order valence-corrected chi connectivity index (χ4v) is 2.69. The van der Waals surface area contributed by atoms with E-state index < -0.39 is 17.6 Å². The van der Waals surface area contributed by atoms with Crippen LogP contribution >= 0.6 is 11.8 Å². The van der Waals surface area contributed by atoms with Crippen LogP contribution in [0.15, 0.2) is 47.6 Å². The molecule has 0 radical (unpaired) electrons. The Bertz CT molecular complexity index is 768. The van der Waals surface area contributed by atoms with Crippen molar-refractivity contribution in [3.8, 4) is 0 Å². The molecule has 0 saturated heterocycles. The summed E-state index contributed by atoms with van der Waals surface area (Å²) in [7, 11) is 0. The minimum Gasteiger partial charge on any atom is -0.370 e. The summed E-state index contributed by atoms with van der Waals surface area (Å²) in [6.07, 6.45) is 2.91. The number of rotatable bonds is 6. The van der Waals surface area contributed by atoms with Crippen molar-refractivity contribution >= 4 is 28.7 Å². The van der Waals surface area contributed by atoms with Crippen LogP contribution < -0.4 is 11.1 Å². The summed E-state index contributed by atoms with van der Waals surface area (Å²) in [4.78, 5) is 39.1. The number of carbonyl (C=O) groups is 3. The van der Waals surface area contributed by atoms with E-state index in [1.165, 1.54) is 18.5 Å². The summed E-state index contributed by atoms with van der Waals surface area (Å²) in [6.45, 7) is 0.0617. The molecule has 2 aromatic rings. The van der Waals surface area contributed by atoms with Crippen molar-refractivity contribution in [3.05, 3.63) is 59.7 Å². The second-order valence-electron chi connectivity index (χ2n) is 4.74. The molecule has 0 bridgehead atoms. The Morgan fingerprint density at radius 2 is 2.04 bits per heavy atom. The third kappa shape index (κ3) is 4.88. The first kappa shape index (κ1) is 17.6. The second kappa shape index (κ2) is 8.21. The van der Waals surface area contributed by atoms with Crippen molar-refractivity contribution in [2.24, 2.45) is 5.73 Å².